The van der Waals surface area contributed by atoms with Crippen molar-refractivity contribution in [3.63, 3.8) is 0 Å². The Bertz CT molecular complexity index is 1520. The van der Waals surface area contributed by atoms with Gasteiger partial charge in [-0.25, -0.2) is 14.6 Å². The van der Waals surface area contributed by atoms with Crippen molar-refractivity contribution in [1.29, 1.82) is 0 Å². The van der Waals surface area contributed by atoms with Gasteiger partial charge in [0, 0.05) is 36.6 Å². The molecular formula is C28H28N6O2. The first-order valence-electron chi connectivity index (χ1n) is 11.8. The van der Waals surface area contributed by atoms with Gasteiger partial charge < -0.3 is 14.6 Å². The first kappa shape index (κ1) is 23.3. The second-order valence-electron chi connectivity index (χ2n) is 8.89. The second-order valence-corrected chi connectivity index (χ2v) is 8.89. The molecule has 0 bridgehead atoms. The van der Waals surface area contributed by atoms with Crippen LogP contribution in [0.25, 0.3) is 22.3 Å². The van der Waals surface area contributed by atoms with E-state index in [0.717, 1.165) is 11.1 Å². The van der Waals surface area contributed by atoms with Crippen LogP contribution in [0, 0.1) is 0 Å². The summed E-state index contributed by atoms with van der Waals surface area (Å²) in [5, 5.41) is 8.44. The molecule has 182 valence electrons. The summed E-state index contributed by atoms with van der Waals surface area (Å²) in [6, 6.07) is 18.9. The fourth-order valence-electron chi connectivity index (χ4n) is 4.39. The highest BCUT2D eigenvalue weighted by Crippen LogP contribution is 2.31. The molecule has 2 aromatic carbocycles. The van der Waals surface area contributed by atoms with Crippen LogP contribution in [0.5, 0.6) is 5.75 Å². The van der Waals surface area contributed by atoms with Crippen LogP contribution in [0.1, 0.15) is 47.7 Å². The van der Waals surface area contributed by atoms with E-state index in [1.54, 1.807) is 19.5 Å². The number of nitrogens with one attached hydrogen (secondary N) is 1. The van der Waals surface area contributed by atoms with Crippen molar-refractivity contribution in [2.45, 2.75) is 25.9 Å². The number of amides is 1. The van der Waals surface area contributed by atoms with Crippen molar-refractivity contribution in [3.8, 4) is 17.0 Å². The van der Waals surface area contributed by atoms with Gasteiger partial charge in [-0.2, -0.15) is 5.10 Å². The molecule has 0 saturated carbocycles. The van der Waals surface area contributed by atoms with E-state index in [-0.39, 0.29) is 11.9 Å². The lowest BCUT2D eigenvalue weighted by Crippen LogP contribution is -2.31. The molecule has 0 aliphatic carbocycles. The van der Waals surface area contributed by atoms with Crippen LogP contribution in [0.3, 0.4) is 0 Å². The summed E-state index contributed by atoms with van der Waals surface area (Å²) in [5.41, 5.74) is 3.62. The number of pyridine rings is 1. The lowest BCUT2D eigenvalue weighted by atomic mass is 10.0. The molecule has 0 saturated heterocycles. The van der Waals surface area contributed by atoms with Crippen LogP contribution in [0.15, 0.2) is 79.3 Å². The minimum atomic E-state index is -0.530. The monoisotopic (exact) mass is 480 g/mol. The zero-order valence-electron chi connectivity index (χ0n) is 20.7. The Hall–Kier alpha value is -4.46. The number of benzene rings is 2. The van der Waals surface area contributed by atoms with Crippen molar-refractivity contribution in [2.75, 3.05) is 7.11 Å². The Morgan fingerprint density at radius 1 is 1.06 bits per heavy atom. The molecule has 1 atom stereocenters. The quantitative estimate of drug-likeness (QED) is 0.357. The van der Waals surface area contributed by atoms with Crippen molar-refractivity contribution < 1.29 is 9.53 Å². The van der Waals surface area contributed by atoms with Gasteiger partial charge in [-0.1, -0.05) is 48.5 Å². The maximum atomic E-state index is 14.0. The largest absolute Gasteiger partial charge is 0.496 e. The summed E-state index contributed by atoms with van der Waals surface area (Å²) in [6.07, 6.45) is 5.29. The molecule has 36 heavy (non-hydrogen) atoms. The van der Waals surface area contributed by atoms with E-state index in [4.69, 9.17) is 9.72 Å². The Balaban J connectivity index is 1.64. The molecule has 8 heteroatoms. The molecule has 0 spiro atoms. The third-order valence-electron chi connectivity index (χ3n) is 6.21. The van der Waals surface area contributed by atoms with Crippen LogP contribution in [0.2, 0.25) is 0 Å². The number of rotatable bonds is 7. The predicted molar refractivity (Wildman–Crippen MR) is 139 cm³/mol. The molecule has 0 aliphatic heterocycles. The van der Waals surface area contributed by atoms with Gasteiger partial charge in [0.1, 0.15) is 17.6 Å². The molecule has 0 aliphatic rings. The second kappa shape index (κ2) is 9.65. The van der Waals surface area contributed by atoms with Crippen LogP contribution in [0.4, 0.5) is 0 Å². The zero-order valence-corrected chi connectivity index (χ0v) is 20.7. The minimum Gasteiger partial charge on any atom is -0.496 e. The average Bonchev–Trinajstić information content (AvgIpc) is 3.53. The summed E-state index contributed by atoms with van der Waals surface area (Å²) in [4.78, 5) is 23.4. The SMILES string of the molecule is COc1ccccc1C(NC(=O)c1cc(-c2ccccc2)nc2c1cnn2C(C)C)c1nccn1C. The van der Waals surface area contributed by atoms with Gasteiger partial charge in [0.25, 0.3) is 5.91 Å². The predicted octanol–water partition coefficient (Wildman–Crippen LogP) is 4.94. The van der Waals surface area contributed by atoms with Gasteiger partial charge in [0.05, 0.1) is 30.0 Å². The molecule has 5 aromatic rings. The summed E-state index contributed by atoms with van der Waals surface area (Å²) in [6.45, 7) is 4.09. The fraction of sp³-hybridized carbons (Fsp3) is 0.214. The maximum Gasteiger partial charge on any atom is 0.253 e. The third-order valence-corrected chi connectivity index (χ3v) is 6.21. The van der Waals surface area contributed by atoms with Crippen molar-refractivity contribution in [2.24, 2.45) is 7.05 Å². The number of aryl methyl sites for hydroxylation is 1. The Kier molecular flexibility index (Phi) is 6.25. The van der Waals surface area contributed by atoms with Gasteiger partial charge >= 0.3 is 0 Å². The van der Waals surface area contributed by atoms with Gasteiger partial charge in [-0.15, -0.1) is 0 Å². The van der Waals surface area contributed by atoms with E-state index in [0.29, 0.717) is 33.9 Å². The number of imidazole rings is 1. The van der Waals surface area contributed by atoms with Crippen molar-refractivity contribution in [1.82, 2.24) is 29.6 Å². The number of para-hydroxylation sites is 1. The number of carbonyl (C=O) groups is 1. The summed E-state index contributed by atoms with van der Waals surface area (Å²) in [5.74, 6) is 1.12. The number of hydrogen-bond donors (Lipinski definition) is 1. The molecule has 5 rings (SSSR count). The van der Waals surface area contributed by atoms with E-state index < -0.39 is 6.04 Å². The fourth-order valence-corrected chi connectivity index (χ4v) is 4.39. The number of hydrogen-bond acceptors (Lipinski definition) is 5. The minimum absolute atomic E-state index is 0.0887. The number of aromatic nitrogens is 5. The molecule has 0 fully saturated rings. The number of methoxy groups -OCH3 is 1. The number of ether oxygens (including phenoxy) is 1. The molecular weight excluding hydrogens is 452 g/mol. The summed E-state index contributed by atoms with van der Waals surface area (Å²) >= 11 is 0. The topological polar surface area (TPSA) is 86.9 Å². The number of carbonyl (C=O) groups excluding carboxylic acids is 1. The number of nitrogens with zero attached hydrogens (tertiary/aromatic N) is 5. The maximum absolute atomic E-state index is 14.0. The van der Waals surface area contributed by atoms with E-state index in [1.807, 2.05) is 97.0 Å². The lowest BCUT2D eigenvalue weighted by Gasteiger charge is -2.21. The van der Waals surface area contributed by atoms with Gasteiger partial charge in [0.15, 0.2) is 5.65 Å². The standard InChI is InChI=1S/C28H28N6O2/c1-18(2)34-26-22(17-30-34)21(16-23(31-26)19-10-6-5-7-11-19)28(35)32-25(27-29-14-15-33(27)3)20-12-8-9-13-24(20)36-4/h5-18,25H,1-4H3,(H,32,35). The van der Waals surface area contributed by atoms with Crippen LogP contribution in [-0.4, -0.2) is 37.3 Å². The van der Waals surface area contributed by atoms with Gasteiger partial charge in [-0.05, 0) is 26.0 Å². The highest BCUT2D eigenvalue weighted by Gasteiger charge is 2.26. The Morgan fingerprint density at radius 2 is 1.81 bits per heavy atom. The van der Waals surface area contributed by atoms with Crippen molar-refractivity contribution >= 4 is 16.9 Å². The zero-order chi connectivity index (χ0) is 25.2. The molecule has 3 heterocycles. The molecule has 8 nitrogen and oxygen atoms in total. The molecule has 3 aromatic heterocycles. The number of fused-ring (bicyclic) bond motifs is 1. The third kappa shape index (κ3) is 4.22. The van der Waals surface area contributed by atoms with Gasteiger partial charge in [-0.3, -0.25) is 4.79 Å². The van der Waals surface area contributed by atoms with Crippen LogP contribution in [-0.2, 0) is 7.05 Å². The van der Waals surface area contributed by atoms with E-state index in [2.05, 4.69) is 15.4 Å². The Morgan fingerprint density at radius 3 is 2.50 bits per heavy atom. The molecule has 1 amide bonds. The highest BCUT2D eigenvalue weighted by molar-refractivity contribution is 6.06. The first-order valence-corrected chi connectivity index (χ1v) is 11.8. The van der Waals surface area contributed by atoms with Crippen LogP contribution >= 0.6 is 0 Å². The molecule has 1 unspecified atom stereocenters. The average molecular weight is 481 g/mol. The van der Waals surface area contributed by atoms with Crippen molar-refractivity contribution in [3.05, 3.63) is 96.2 Å². The van der Waals surface area contributed by atoms with E-state index in [1.165, 1.54) is 0 Å². The lowest BCUT2D eigenvalue weighted by molar-refractivity contribution is 0.0942. The highest BCUT2D eigenvalue weighted by atomic mass is 16.5. The van der Waals surface area contributed by atoms with Crippen LogP contribution < -0.4 is 10.1 Å². The Labute approximate surface area is 209 Å². The van der Waals surface area contributed by atoms with E-state index in [9.17, 15) is 4.79 Å². The van der Waals surface area contributed by atoms with Gasteiger partial charge in [0.2, 0.25) is 0 Å². The molecule has 0 radical (unpaired) electrons. The normalized spacial score (nSPS) is 12.1. The van der Waals surface area contributed by atoms with E-state index >= 15 is 0 Å². The molecule has 1 N–H and O–H groups in total. The first-order chi connectivity index (χ1) is 17.5. The smallest absolute Gasteiger partial charge is 0.253 e. The summed E-state index contributed by atoms with van der Waals surface area (Å²) in [7, 11) is 3.52. The summed E-state index contributed by atoms with van der Waals surface area (Å²) < 4.78 is 9.35.